The topological polar surface area (TPSA) is 47.8 Å². The number of carbonyl (C=O) groups is 1. The van der Waals surface area contributed by atoms with Crippen molar-refractivity contribution in [1.29, 1.82) is 0 Å². The Morgan fingerprint density at radius 2 is 2.12 bits per heavy atom. The van der Waals surface area contributed by atoms with Crippen molar-refractivity contribution in [3.8, 4) is 5.69 Å². The molecular formula is C12H10FN3O. The Kier molecular flexibility index (Phi) is 2.24. The number of aldehydes is 1. The fourth-order valence-electron chi connectivity index (χ4n) is 1.86. The van der Waals surface area contributed by atoms with E-state index in [1.807, 2.05) is 0 Å². The van der Waals surface area contributed by atoms with Crippen LogP contribution in [0.2, 0.25) is 0 Å². The van der Waals surface area contributed by atoms with Gasteiger partial charge in [-0.15, -0.1) is 5.10 Å². The van der Waals surface area contributed by atoms with Gasteiger partial charge in [0.1, 0.15) is 17.2 Å². The highest BCUT2D eigenvalue weighted by Crippen LogP contribution is 2.40. The summed E-state index contributed by atoms with van der Waals surface area (Å²) in [7, 11) is 0. The fourth-order valence-corrected chi connectivity index (χ4v) is 1.86. The quantitative estimate of drug-likeness (QED) is 0.760. The van der Waals surface area contributed by atoms with E-state index in [0.29, 0.717) is 23.6 Å². The number of benzene rings is 1. The molecule has 0 N–H and O–H groups in total. The lowest BCUT2D eigenvalue weighted by molar-refractivity contribution is 0.111. The summed E-state index contributed by atoms with van der Waals surface area (Å²) in [5.41, 5.74) is 1.30. The molecule has 0 radical (unpaired) electrons. The molecule has 2 aromatic rings. The second kappa shape index (κ2) is 3.76. The molecule has 1 aliphatic rings. The fraction of sp³-hybridized carbons (Fsp3) is 0.250. The van der Waals surface area contributed by atoms with E-state index < -0.39 is 5.82 Å². The molecule has 0 aliphatic heterocycles. The minimum Gasteiger partial charge on any atom is -0.296 e. The van der Waals surface area contributed by atoms with Gasteiger partial charge in [0, 0.05) is 5.92 Å². The first kappa shape index (κ1) is 10.1. The molecular weight excluding hydrogens is 221 g/mol. The van der Waals surface area contributed by atoms with Crippen molar-refractivity contribution in [2.75, 3.05) is 0 Å². The van der Waals surface area contributed by atoms with E-state index in [1.165, 1.54) is 10.7 Å². The van der Waals surface area contributed by atoms with E-state index in [0.717, 1.165) is 12.8 Å². The van der Waals surface area contributed by atoms with Crippen molar-refractivity contribution >= 4 is 6.29 Å². The van der Waals surface area contributed by atoms with Crippen molar-refractivity contribution in [2.45, 2.75) is 18.8 Å². The van der Waals surface area contributed by atoms with Gasteiger partial charge in [0.15, 0.2) is 6.29 Å². The standard InChI is InChI=1S/C12H10FN3O/c13-9-3-1-2-4-10(9)16-11(7-17)12(14-15-16)8-5-6-8/h1-4,7-8H,5-6H2. The molecule has 1 aromatic heterocycles. The Morgan fingerprint density at radius 1 is 1.35 bits per heavy atom. The number of rotatable bonds is 3. The summed E-state index contributed by atoms with van der Waals surface area (Å²) in [6.07, 6.45) is 2.74. The van der Waals surface area contributed by atoms with Crippen LogP contribution in [-0.2, 0) is 0 Å². The molecule has 1 fully saturated rings. The molecule has 1 aliphatic carbocycles. The van der Waals surface area contributed by atoms with E-state index in [-0.39, 0.29) is 5.69 Å². The number of para-hydroxylation sites is 1. The number of halogens is 1. The highest BCUT2D eigenvalue weighted by Gasteiger charge is 2.31. The molecule has 0 saturated heterocycles. The molecule has 0 spiro atoms. The van der Waals surface area contributed by atoms with Crippen LogP contribution in [0.5, 0.6) is 0 Å². The number of carbonyl (C=O) groups excluding carboxylic acids is 1. The average molecular weight is 231 g/mol. The summed E-state index contributed by atoms with van der Waals surface area (Å²) in [6.45, 7) is 0. The zero-order chi connectivity index (χ0) is 11.8. The van der Waals surface area contributed by atoms with Crippen LogP contribution in [0.4, 0.5) is 4.39 Å². The van der Waals surface area contributed by atoms with Crippen LogP contribution in [0.15, 0.2) is 24.3 Å². The predicted molar refractivity (Wildman–Crippen MR) is 58.7 cm³/mol. The summed E-state index contributed by atoms with van der Waals surface area (Å²) >= 11 is 0. The second-order valence-corrected chi connectivity index (χ2v) is 4.12. The zero-order valence-corrected chi connectivity index (χ0v) is 9.01. The molecule has 1 aromatic carbocycles. The Morgan fingerprint density at radius 3 is 2.76 bits per heavy atom. The third-order valence-corrected chi connectivity index (χ3v) is 2.89. The summed E-state index contributed by atoms with van der Waals surface area (Å²) in [5, 5.41) is 7.86. The second-order valence-electron chi connectivity index (χ2n) is 4.12. The minimum atomic E-state index is -0.414. The van der Waals surface area contributed by atoms with E-state index in [4.69, 9.17) is 0 Å². The van der Waals surface area contributed by atoms with E-state index in [9.17, 15) is 9.18 Å². The summed E-state index contributed by atoms with van der Waals surface area (Å²) in [6, 6.07) is 6.21. The highest BCUT2D eigenvalue weighted by molar-refractivity contribution is 5.75. The molecule has 17 heavy (non-hydrogen) atoms. The van der Waals surface area contributed by atoms with Crippen LogP contribution in [0.3, 0.4) is 0 Å². The van der Waals surface area contributed by atoms with Gasteiger partial charge in [-0.05, 0) is 25.0 Å². The Balaban J connectivity index is 2.14. The van der Waals surface area contributed by atoms with Crippen LogP contribution in [-0.4, -0.2) is 21.3 Å². The maximum Gasteiger partial charge on any atom is 0.170 e. The first-order valence-corrected chi connectivity index (χ1v) is 5.47. The van der Waals surface area contributed by atoms with E-state index in [1.54, 1.807) is 18.2 Å². The maximum atomic E-state index is 13.6. The van der Waals surface area contributed by atoms with Gasteiger partial charge in [-0.3, -0.25) is 4.79 Å². The van der Waals surface area contributed by atoms with Crippen LogP contribution in [0.25, 0.3) is 5.69 Å². The number of hydrogen-bond donors (Lipinski definition) is 0. The molecule has 0 atom stereocenters. The first-order chi connectivity index (χ1) is 8.31. The first-order valence-electron chi connectivity index (χ1n) is 5.47. The van der Waals surface area contributed by atoms with Crippen LogP contribution < -0.4 is 0 Å². The van der Waals surface area contributed by atoms with Gasteiger partial charge in [-0.1, -0.05) is 17.3 Å². The molecule has 3 rings (SSSR count). The molecule has 0 amide bonds. The highest BCUT2D eigenvalue weighted by atomic mass is 19.1. The SMILES string of the molecule is O=Cc1c(C2CC2)nnn1-c1ccccc1F. The lowest BCUT2D eigenvalue weighted by Gasteiger charge is -2.03. The predicted octanol–water partition coefficient (Wildman–Crippen LogP) is 2.10. The van der Waals surface area contributed by atoms with Crippen LogP contribution >= 0.6 is 0 Å². The summed E-state index contributed by atoms with van der Waals surface area (Å²) in [5.74, 6) is -0.0985. The minimum absolute atomic E-state index is 0.258. The van der Waals surface area contributed by atoms with Gasteiger partial charge in [0.2, 0.25) is 0 Å². The van der Waals surface area contributed by atoms with Gasteiger partial charge < -0.3 is 0 Å². The molecule has 86 valence electrons. The van der Waals surface area contributed by atoms with Gasteiger partial charge in [0.05, 0.1) is 5.69 Å². The van der Waals surface area contributed by atoms with Crippen molar-refractivity contribution in [1.82, 2.24) is 15.0 Å². The Bertz CT molecular complexity index is 575. The van der Waals surface area contributed by atoms with E-state index >= 15 is 0 Å². The number of aromatic nitrogens is 3. The third kappa shape index (κ3) is 1.63. The molecule has 4 nitrogen and oxygen atoms in total. The van der Waals surface area contributed by atoms with Gasteiger partial charge in [-0.25, -0.2) is 9.07 Å². The van der Waals surface area contributed by atoms with Crippen LogP contribution in [0, 0.1) is 5.82 Å². The Hall–Kier alpha value is -2.04. The maximum absolute atomic E-state index is 13.6. The van der Waals surface area contributed by atoms with Crippen molar-refractivity contribution in [3.63, 3.8) is 0 Å². The van der Waals surface area contributed by atoms with Crippen molar-refractivity contribution in [3.05, 3.63) is 41.5 Å². The van der Waals surface area contributed by atoms with Crippen LogP contribution in [0.1, 0.15) is 34.9 Å². The van der Waals surface area contributed by atoms with Crippen molar-refractivity contribution < 1.29 is 9.18 Å². The third-order valence-electron chi connectivity index (χ3n) is 2.89. The molecule has 1 saturated carbocycles. The van der Waals surface area contributed by atoms with Crippen molar-refractivity contribution in [2.24, 2.45) is 0 Å². The molecule has 0 unspecified atom stereocenters. The number of nitrogens with zero attached hydrogens (tertiary/aromatic N) is 3. The lowest BCUT2D eigenvalue weighted by atomic mass is 10.2. The largest absolute Gasteiger partial charge is 0.296 e. The lowest BCUT2D eigenvalue weighted by Crippen LogP contribution is -2.04. The monoisotopic (exact) mass is 231 g/mol. The zero-order valence-electron chi connectivity index (χ0n) is 9.01. The number of hydrogen-bond acceptors (Lipinski definition) is 3. The smallest absolute Gasteiger partial charge is 0.170 e. The van der Waals surface area contributed by atoms with E-state index in [2.05, 4.69) is 10.3 Å². The molecule has 5 heteroatoms. The molecule has 0 bridgehead atoms. The normalized spacial score (nSPS) is 14.9. The summed E-state index contributed by atoms with van der Waals surface area (Å²) < 4.78 is 14.9. The summed E-state index contributed by atoms with van der Waals surface area (Å²) in [4.78, 5) is 11.1. The Labute approximate surface area is 97.1 Å². The average Bonchev–Trinajstić information content (AvgIpc) is 3.10. The van der Waals surface area contributed by atoms with Gasteiger partial charge in [0.25, 0.3) is 0 Å². The molecule has 1 heterocycles. The van der Waals surface area contributed by atoms with Gasteiger partial charge >= 0.3 is 0 Å². The van der Waals surface area contributed by atoms with Gasteiger partial charge in [-0.2, -0.15) is 0 Å².